The van der Waals surface area contributed by atoms with Crippen LogP contribution in [0.3, 0.4) is 0 Å². The van der Waals surface area contributed by atoms with Gasteiger partial charge in [0.1, 0.15) is 12.4 Å². The Balaban J connectivity index is 2.51. The van der Waals surface area contributed by atoms with Crippen molar-refractivity contribution in [3.63, 3.8) is 0 Å². The third-order valence-electron chi connectivity index (χ3n) is 2.04. The van der Waals surface area contributed by atoms with Gasteiger partial charge in [0.15, 0.2) is 0 Å². The van der Waals surface area contributed by atoms with Crippen molar-refractivity contribution in [2.75, 3.05) is 13.2 Å². The van der Waals surface area contributed by atoms with E-state index in [-0.39, 0.29) is 6.61 Å². The van der Waals surface area contributed by atoms with Gasteiger partial charge in [-0.25, -0.2) is 0 Å². The number of aliphatic hydroxyl groups is 1. The lowest BCUT2D eigenvalue weighted by Crippen LogP contribution is -1.93. The van der Waals surface area contributed by atoms with Gasteiger partial charge in [0.05, 0.1) is 6.61 Å². The molecule has 2 heteroatoms. The average molecular weight is 218 g/mol. The zero-order valence-corrected chi connectivity index (χ0v) is 9.81. The van der Waals surface area contributed by atoms with Gasteiger partial charge in [0, 0.05) is 0 Å². The summed E-state index contributed by atoms with van der Waals surface area (Å²) in [5.74, 6) is 0.860. The topological polar surface area (TPSA) is 29.5 Å². The molecule has 1 aromatic rings. The van der Waals surface area contributed by atoms with Crippen molar-refractivity contribution in [2.24, 2.45) is 0 Å². The molecular formula is C14H18O2. The Kier molecular flexibility index (Phi) is 5.37. The first-order valence-corrected chi connectivity index (χ1v) is 5.36. The quantitative estimate of drug-likeness (QED) is 0.770. The summed E-state index contributed by atoms with van der Waals surface area (Å²) in [7, 11) is 0. The number of ether oxygens (including phenoxy) is 1. The summed E-state index contributed by atoms with van der Waals surface area (Å²) < 4.78 is 5.53. The van der Waals surface area contributed by atoms with E-state index in [0.717, 1.165) is 11.3 Å². The van der Waals surface area contributed by atoms with Crippen molar-refractivity contribution in [1.82, 2.24) is 0 Å². The second-order valence-corrected chi connectivity index (χ2v) is 3.75. The van der Waals surface area contributed by atoms with Crippen LogP contribution < -0.4 is 4.74 Å². The molecule has 0 spiro atoms. The SMILES string of the molecule is CC(C)=CCOc1ccc(/C=C/CO)cc1. The number of allylic oxidation sites excluding steroid dienone is 1. The molecule has 1 aromatic carbocycles. The monoisotopic (exact) mass is 218 g/mol. The van der Waals surface area contributed by atoms with Crippen molar-refractivity contribution < 1.29 is 9.84 Å². The van der Waals surface area contributed by atoms with Gasteiger partial charge in [-0.15, -0.1) is 0 Å². The van der Waals surface area contributed by atoms with E-state index in [1.165, 1.54) is 5.57 Å². The molecule has 1 rings (SSSR count). The fraction of sp³-hybridized carbons (Fsp3) is 0.286. The van der Waals surface area contributed by atoms with Crippen molar-refractivity contribution >= 4 is 6.08 Å². The van der Waals surface area contributed by atoms with Crippen LogP contribution in [0.1, 0.15) is 19.4 Å². The molecule has 86 valence electrons. The van der Waals surface area contributed by atoms with Crippen molar-refractivity contribution in [3.8, 4) is 5.75 Å². The highest BCUT2D eigenvalue weighted by molar-refractivity contribution is 5.50. The first kappa shape index (κ1) is 12.5. The van der Waals surface area contributed by atoms with Gasteiger partial charge in [0.25, 0.3) is 0 Å². The number of hydrogen-bond acceptors (Lipinski definition) is 2. The van der Waals surface area contributed by atoms with Crippen LogP contribution in [-0.2, 0) is 0 Å². The van der Waals surface area contributed by atoms with Crippen LogP contribution in [0.5, 0.6) is 5.75 Å². The molecule has 0 aliphatic heterocycles. The second kappa shape index (κ2) is 6.85. The maximum atomic E-state index is 8.63. The summed E-state index contributed by atoms with van der Waals surface area (Å²) in [4.78, 5) is 0. The van der Waals surface area contributed by atoms with Crippen molar-refractivity contribution in [3.05, 3.63) is 47.6 Å². The largest absolute Gasteiger partial charge is 0.490 e. The maximum absolute atomic E-state index is 8.63. The molecule has 0 aliphatic rings. The number of benzene rings is 1. The number of rotatable bonds is 5. The van der Waals surface area contributed by atoms with E-state index in [4.69, 9.17) is 9.84 Å². The molecule has 16 heavy (non-hydrogen) atoms. The van der Waals surface area contributed by atoms with Crippen molar-refractivity contribution in [1.29, 1.82) is 0 Å². The van der Waals surface area contributed by atoms with E-state index in [2.05, 4.69) is 0 Å². The zero-order valence-electron chi connectivity index (χ0n) is 9.81. The van der Waals surface area contributed by atoms with Crippen LogP contribution >= 0.6 is 0 Å². The highest BCUT2D eigenvalue weighted by Crippen LogP contribution is 2.13. The molecule has 0 fully saturated rings. The van der Waals surface area contributed by atoms with Crippen LogP contribution in [0.2, 0.25) is 0 Å². The molecule has 0 aromatic heterocycles. The Morgan fingerprint density at radius 1 is 1.25 bits per heavy atom. The fourth-order valence-corrected chi connectivity index (χ4v) is 1.17. The van der Waals surface area contributed by atoms with Gasteiger partial charge in [-0.05, 0) is 37.6 Å². The minimum Gasteiger partial charge on any atom is -0.490 e. The summed E-state index contributed by atoms with van der Waals surface area (Å²) in [6.07, 6.45) is 5.62. The Labute approximate surface area is 96.9 Å². The van der Waals surface area contributed by atoms with Gasteiger partial charge in [-0.2, -0.15) is 0 Å². The van der Waals surface area contributed by atoms with Crippen LogP contribution in [0, 0.1) is 0 Å². The van der Waals surface area contributed by atoms with E-state index in [1.54, 1.807) is 6.08 Å². The van der Waals surface area contributed by atoms with E-state index < -0.39 is 0 Å². The second-order valence-electron chi connectivity index (χ2n) is 3.75. The number of aliphatic hydroxyl groups excluding tert-OH is 1. The molecule has 0 saturated carbocycles. The van der Waals surface area contributed by atoms with E-state index in [9.17, 15) is 0 Å². The maximum Gasteiger partial charge on any atom is 0.119 e. The van der Waals surface area contributed by atoms with Gasteiger partial charge >= 0.3 is 0 Å². The molecule has 0 bridgehead atoms. The summed E-state index contributed by atoms with van der Waals surface area (Å²) in [5, 5.41) is 8.63. The molecule has 0 atom stereocenters. The van der Waals surface area contributed by atoms with Crippen LogP contribution in [0.15, 0.2) is 42.0 Å². The Bertz CT molecular complexity index is 357. The van der Waals surface area contributed by atoms with E-state index >= 15 is 0 Å². The zero-order chi connectivity index (χ0) is 11.8. The third kappa shape index (κ3) is 4.80. The summed E-state index contributed by atoms with van der Waals surface area (Å²) in [6.45, 7) is 4.77. The molecule has 0 unspecified atom stereocenters. The highest BCUT2D eigenvalue weighted by Gasteiger charge is 1.91. The standard InChI is InChI=1S/C14H18O2/c1-12(2)9-11-16-14-7-5-13(6-8-14)4-3-10-15/h3-9,15H,10-11H2,1-2H3/b4-3+. The first-order valence-electron chi connectivity index (χ1n) is 5.36. The number of hydrogen-bond donors (Lipinski definition) is 1. The van der Waals surface area contributed by atoms with Crippen LogP contribution in [0.4, 0.5) is 0 Å². The van der Waals surface area contributed by atoms with Crippen LogP contribution in [-0.4, -0.2) is 18.3 Å². The Hall–Kier alpha value is -1.54. The third-order valence-corrected chi connectivity index (χ3v) is 2.04. The first-order chi connectivity index (χ1) is 7.72. The lowest BCUT2D eigenvalue weighted by molar-refractivity contribution is 0.343. The Morgan fingerprint density at radius 2 is 1.94 bits per heavy atom. The summed E-state index contributed by atoms with van der Waals surface area (Å²) in [6, 6.07) is 7.78. The molecule has 0 amide bonds. The smallest absolute Gasteiger partial charge is 0.119 e. The highest BCUT2D eigenvalue weighted by atomic mass is 16.5. The summed E-state index contributed by atoms with van der Waals surface area (Å²) >= 11 is 0. The Morgan fingerprint density at radius 3 is 2.50 bits per heavy atom. The predicted octanol–water partition coefficient (Wildman–Crippen LogP) is 3.04. The molecule has 0 aliphatic carbocycles. The molecule has 0 heterocycles. The van der Waals surface area contributed by atoms with Gasteiger partial charge in [-0.3, -0.25) is 0 Å². The molecule has 0 saturated heterocycles. The van der Waals surface area contributed by atoms with Crippen molar-refractivity contribution in [2.45, 2.75) is 13.8 Å². The van der Waals surface area contributed by atoms with Gasteiger partial charge in [0.2, 0.25) is 0 Å². The van der Waals surface area contributed by atoms with Gasteiger partial charge in [-0.1, -0.05) is 29.9 Å². The summed E-state index contributed by atoms with van der Waals surface area (Å²) in [5.41, 5.74) is 2.31. The molecule has 0 radical (unpaired) electrons. The lowest BCUT2D eigenvalue weighted by atomic mass is 10.2. The molecule has 2 nitrogen and oxygen atoms in total. The fourth-order valence-electron chi connectivity index (χ4n) is 1.17. The van der Waals surface area contributed by atoms with E-state index in [1.807, 2.05) is 50.3 Å². The van der Waals surface area contributed by atoms with E-state index in [0.29, 0.717) is 6.61 Å². The lowest BCUT2D eigenvalue weighted by Gasteiger charge is -2.03. The van der Waals surface area contributed by atoms with Crippen LogP contribution in [0.25, 0.3) is 6.08 Å². The molecule has 1 N–H and O–H groups in total. The van der Waals surface area contributed by atoms with Gasteiger partial charge < -0.3 is 9.84 Å². The predicted molar refractivity (Wildman–Crippen MR) is 67.5 cm³/mol. The minimum absolute atomic E-state index is 0.0683. The normalized spacial score (nSPS) is 10.4. The average Bonchev–Trinajstić information content (AvgIpc) is 2.27. The molecular weight excluding hydrogens is 200 g/mol. The minimum atomic E-state index is 0.0683.